The van der Waals surface area contributed by atoms with Gasteiger partial charge in [-0.15, -0.1) is 0 Å². The van der Waals surface area contributed by atoms with Gasteiger partial charge < -0.3 is 14.8 Å². The Morgan fingerprint density at radius 2 is 2.21 bits per heavy atom. The summed E-state index contributed by atoms with van der Waals surface area (Å²) in [5, 5.41) is 20.6. The maximum Gasteiger partial charge on any atom is 0.255 e. The van der Waals surface area contributed by atoms with Gasteiger partial charge in [-0.05, 0) is 56.4 Å². The quantitative estimate of drug-likeness (QED) is 0.690. The normalized spacial score (nSPS) is 13.9. The highest BCUT2D eigenvalue weighted by atomic mass is 16.3. The zero-order chi connectivity index (χ0) is 16.7. The molecule has 0 atom stereocenters. The van der Waals surface area contributed by atoms with Gasteiger partial charge in [0, 0.05) is 11.1 Å². The lowest BCUT2D eigenvalue weighted by atomic mass is 9.96. The summed E-state index contributed by atoms with van der Waals surface area (Å²) < 4.78 is 5.61. The second-order valence-electron chi connectivity index (χ2n) is 6.23. The summed E-state index contributed by atoms with van der Waals surface area (Å²) in [5.74, 6) is 0.431. The lowest BCUT2D eigenvalue weighted by Gasteiger charge is -2.11. The first-order valence-corrected chi connectivity index (χ1v) is 8.19. The topological polar surface area (TPSA) is 91.2 Å². The smallest absolute Gasteiger partial charge is 0.255 e. The largest absolute Gasteiger partial charge is 0.508 e. The Labute approximate surface area is 138 Å². The number of rotatable bonds is 3. The zero-order valence-corrected chi connectivity index (χ0v) is 13.5. The molecule has 2 heterocycles. The summed E-state index contributed by atoms with van der Waals surface area (Å²) in [6, 6.07) is 4.76. The molecule has 0 aliphatic heterocycles. The number of hydrogen-bond donors (Lipinski definition) is 3. The lowest BCUT2D eigenvalue weighted by Crippen LogP contribution is -2.24. The van der Waals surface area contributed by atoms with E-state index in [0.717, 1.165) is 25.0 Å². The van der Waals surface area contributed by atoms with Gasteiger partial charge in [0.05, 0.1) is 17.8 Å². The third-order valence-corrected chi connectivity index (χ3v) is 4.63. The van der Waals surface area contributed by atoms with E-state index in [2.05, 4.69) is 15.5 Å². The standard InChI is InChI=1S/C18H19N3O3/c1-10-17(13-8-11(22)6-7-16(13)24-10)18(23)19-9-15-12-4-2-3-5-14(12)20-21-15/h6-8,22H,2-5,9H2,1H3,(H,19,23)(H,20,21). The van der Waals surface area contributed by atoms with Crippen LogP contribution in [-0.2, 0) is 19.4 Å². The fourth-order valence-electron chi connectivity index (χ4n) is 3.44. The van der Waals surface area contributed by atoms with Crippen molar-refractivity contribution in [3.63, 3.8) is 0 Å². The van der Waals surface area contributed by atoms with E-state index < -0.39 is 0 Å². The second kappa shape index (κ2) is 5.70. The molecular formula is C18H19N3O3. The number of aryl methyl sites for hydroxylation is 2. The molecule has 3 aromatic rings. The van der Waals surface area contributed by atoms with Crippen molar-refractivity contribution in [2.45, 2.75) is 39.2 Å². The van der Waals surface area contributed by atoms with Crippen LogP contribution in [0.1, 0.15) is 45.9 Å². The first-order chi connectivity index (χ1) is 11.6. The van der Waals surface area contributed by atoms with Gasteiger partial charge in [0.15, 0.2) is 0 Å². The maximum absolute atomic E-state index is 12.6. The Hall–Kier alpha value is -2.76. The molecule has 0 bridgehead atoms. The van der Waals surface area contributed by atoms with E-state index in [-0.39, 0.29) is 11.7 Å². The molecule has 0 radical (unpaired) electrons. The Kier molecular flexibility index (Phi) is 3.52. The Morgan fingerprint density at radius 1 is 1.38 bits per heavy atom. The first-order valence-electron chi connectivity index (χ1n) is 8.19. The van der Waals surface area contributed by atoms with E-state index >= 15 is 0 Å². The van der Waals surface area contributed by atoms with Crippen LogP contribution >= 0.6 is 0 Å². The molecule has 24 heavy (non-hydrogen) atoms. The van der Waals surface area contributed by atoms with Crippen molar-refractivity contribution in [2.75, 3.05) is 0 Å². The molecule has 0 fully saturated rings. The van der Waals surface area contributed by atoms with Gasteiger partial charge in [0.1, 0.15) is 17.1 Å². The molecule has 6 heteroatoms. The molecular weight excluding hydrogens is 306 g/mol. The molecule has 1 aromatic carbocycles. The second-order valence-corrected chi connectivity index (χ2v) is 6.23. The molecule has 2 aromatic heterocycles. The summed E-state index contributed by atoms with van der Waals surface area (Å²) in [6.07, 6.45) is 4.39. The number of hydrogen-bond acceptors (Lipinski definition) is 4. The van der Waals surface area contributed by atoms with Crippen LogP contribution in [0.25, 0.3) is 11.0 Å². The van der Waals surface area contributed by atoms with Crippen molar-refractivity contribution >= 4 is 16.9 Å². The van der Waals surface area contributed by atoms with E-state index in [1.165, 1.54) is 17.7 Å². The molecule has 0 unspecified atom stereocenters. The van der Waals surface area contributed by atoms with E-state index in [1.807, 2.05) is 0 Å². The van der Waals surface area contributed by atoms with Crippen LogP contribution in [0.15, 0.2) is 22.6 Å². The van der Waals surface area contributed by atoms with Gasteiger partial charge in [0.2, 0.25) is 0 Å². The third kappa shape index (κ3) is 2.44. The number of carbonyl (C=O) groups excluding carboxylic acids is 1. The summed E-state index contributed by atoms with van der Waals surface area (Å²) in [6.45, 7) is 2.14. The predicted octanol–water partition coefficient (Wildman–Crippen LogP) is 2.98. The van der Waals surface area contributed by atoms with Crippen molar-refractivity contribution in [3.05, 3.63) is 46.5 Å². The van der Waals surface area contributed by atoms with E-state index in [4.69, 9.17) is 4.42 Å². The highest BCUT2D eigenvalue weighted by molar-refractivity contribution is 6.07. The average molecular weight is 325 g/mol. The molecule has 0 spiro atoms. The first kappa shape index (κ1) is 14.8. The van der Waals surface area contributed by atoms with Crippen LogP contribution in [0, 0.1) is 6.92 Å². The number of carbonyl (C=O) groups is 1. The van der Waals surface area contributed by atoms with Crippen molar-refractivity contribution in [1.29, 1.82) is 0 Å². The predicted molar refractivity (Wildman–Crippen MR) is 89.0 cm³/mol. The fourth-order valence-corrected chi connectivity index (χ4v) is 3.44. The van der Waals surface area contributed by atoms with Crippen LogP contribution in [0.4, 0.5) is 0 Å². The number of H-pyrrole nitrogens is 1. The average Bonchev–Trinajstić information content (AvgIpc) is 3.12. The number of nitrogens with one attached hydrogen (secondary N) is 2. The SMILES string of the molecule is Cc1oc2ccc(O)cc2c1C(=O)NCc1n[nH]c2c1CCCC2. The third-order valence-electron chi connectivity index (χ3n) is 4.63. The summed E-state index contributed by atoms with van der Waals surface area (Å²) in [7, 11) is 0. The van der Waals surface area contributed by atoms with Crippen LogP contribution in [-0.4, -0.2) is 21.2 Å². The van der Waals surface area contributed by atoms with Crippen molar-refractivity contribution in [3.8, 4) is 5.75 Å². The number of phenolic OH excluding ortho intramolecular Hbond substituents is 1. The van der Waals surface area contributed by atoms with Crippen LogP contribution in [0.3, 0.4) is 0 Å². The molecule has 0 saturated carbocycles. The summed E-state index contributed by atoms with van der Waals surface area (Å²) in [4.78, 5) is 12.6. The fraction of sp³-hybridized carbons (Fsp3) is 0.333. The van der Waals surface area contributed by atoms with Gasteiger partial charge in [-0.25, -0.2) is 0 Å². The van der Waals surface area contributed by atoms with E-state index in [1.54, 1.807) is 25.1 Å². The molecule has 124 valence electrons. The van der Waals surface area contributed by atoms with Gasteiger partial charge in [-0.1, -0.05) is 0 Å². The van der Waals surface area contributed by atoms with Crippen molar-refractivity contribution in [1.82, 2.24) is 15.5 Å². The number of phenols is 1. The molecule has 1 aliphatic rings. The Morgan fingerprint density at radius 3 is 3.08 bits per heavy atom. The van der Waals surface area contributed by atoms with Crippen LogP contribution in [0.2, 0.25) is 0 Å². The molecule has 1 aliphatic carbocycles. The number of aromatic amines is 1. The number of furan rings is 1. The summed E-state index contributed by atoms with van der Waals surface area (Å²) >= 11 is 0. The van der Waals surface area contributed by atoms with Crippen molar-refractivity contribution < 1.29 is 14.3 Å². The molecule has 1 amide bonds. The molecule has 6 nitrogen and oxygen atoms in total. The minimum atomic E-state index is -0.218. The maximum atomic E-state index is 12.6. The number of aromatic nitrogens is 2. The highest BCUT2D eigenvalue weighted by Crippen LogP contribution is 2.28. The minimum absolute atomic E-state index is 0.110. The number of nitrogens with zero attached hydrogens (tertiary/aromatic N) is 1. The monoisotopic (exact) mass is 325 g/mol. The highest BCUT2D eigenvalue weighted by Gasteiger charge is 2.21. The minimum Gasteiger partial charge on any atom is -0.508 e. The van der Waals surface area contributed by atoms with Gasteiger partial charge >= 0.3 is 0 Å². The lowest BCUT2D eigenvalue weighted by molar-refractivity contribution is 0.0950. The molecule has 0 saturated heterocycles. The van der Waals surface area contributed by atoms with Crippen molar-refractivity contribution in [2.24, 2.45) is 0 Å². The number of benzene rings is 1. The summed E-state index contributed by atoms with van der Waals surface area (Å²) in [5.41, 5.74) is 4.40. The van der Waals surface area contributed by atoms with E-state index in [9.17, 15) is 9.90 Å². The Bertz CT molecular complexity index is 923. The number of aromatic hydroxyl groups is 1. The number of fused-ring (bicyclic) bond motifs is 2. The molecule has 3 N–H and O–H groups in total. The van der Waals surface area contributed by atoms with Gasteiger partial charge in [0.25, 0.3) is 5.91 Å². The van der Waals surface area contributed by atoms with Gasteiger partial charge in [-0.2, -0.15) is 5.10 Å². The van der Waals surface area contributed by atoms with E-state index in [0.29, 0.717) is 28.8 Å². The number of amides is 1. The van der Waals surface area contributed by atoms with Crippen LogP contribution in [0.5, 0.6) is 5.75 Å². The van der Waals surface area contributed by atoms with Crippen LogP contribution < -0.4 is 5.32 Å². The zero-order valence-electron chi connectivity index (χ0n) is 13.5. The molecule has 4 rings (SSSR count). The Balaban J connectivity index is 1.58. The van der Waals surface area contributed by atoms with Gasteiger partial charge in [-0.3, -0.25) is 9.89 Å².